The molecule has 7 heteroatoms. The van der Waals surface area contributed by atoms with Crippen LogP contribution in [0.2, 0.25) is 0 Å². The zero-order valence-electron chi connectivity index (χ0n) is 18.5. The minimum atomic E-state index is -2.12. The summed E-state index contributed by atoms with van der Waals surface area (Å²) in [5.74, 6) is 0. The molecule has 166 valence electrons. The SMILES string of the molecule is COCCN(CCOC)[PH](N1CCCCC1)(N1CCCCC1)N1CCCCC1. The normalized spacial score (nSPS) is 24.7. The number of methoxy groups -OCH3 is 2. The van der Waals surface area contributed by atoms with E-state index in [0.29, 0.717) is 0 Å². The molecule has 6 nitrogen and oxygen atoms in total. The van der Waals surface area contributed by atoms with Crippen LogP contribution in [-0.4, -0.2) is 98.5 Å². The van der Waals surface area contributed by atoms with Gasteiger partial charge < -0.3 is 0 Å². The van der Waals surface area contributed by atoms with E-state index < -0.39 is 7.87 Å². The summed E-state index contributed by atoms with van der Waals surface area (Å²) in [5.41, 5.74) is 0. The Morgan fingerprint density at radius 2 is 0.893 bits per heavy atom. The molecular weight excluding hydrogens is 371 g/mol. The van der Waals surface area contributed by atoms with Crippen molar-refractivity contribution < 1.29 is 9.47 Å². The number of hydrogen-bond donors (Lipinski definition) is 0. The number of piperidine rings is 3. The number of rotatable bonds is 10. The van der Waals surface area contributed by atoms with Gasteiger partial charge in [0.2, 0.25) is 0 Å². The minimum absolute atomic E-state index is 0.813. The Morgan fingerprint density at radius 3 is 1.18 bits per heavy atom. The predicted octanol–water partition coefficient (Wildman–Crippen LogP) is 3.45. The maximum absolute atomic E-state index is 5.59. The molecule has 0 amide bonds. The fraction of sp³-hybridized carbons (Fsp3) is 1.00. The Balaban J connectivity index is 1.99. The zero-order chi connectivity index (χ0) is 19.7. The zero-order valence-corrected chi connectivity index (χ0v) is 19.5. The molecule has 28 heavy (non-hydrogen) atoms. The third-order valence-corrected chi connectivity index (χ3v) is 12.1. The van der Waals surface area contributed by atoms with Crippen LogP contribution in [0.3, 0.4) is 0 Å². The molecule has 0 saturated carbocycles. The van der Waals surface area contributed by atoms with Gasteiger partial charge in [0, 0.05) is 0 Å². The molecule has 0 aromatic heterocycles. The van der Waals surface area contributed by atoms with Gasteiger partial charge in [0.05, 0.1) is 0 Å². The average Bonchev–Trinajstić information content (AvgIpc) is 2.78. The summed E-state index contributed by atoms with van der Waals surface area (Å²) >= 11 is 0. The molecule has 0 aliphatic carbocycles. The van der Waals surface area contributed by atoms with E-state index in [-0.39, 0.29) is 0 Å². The molecule has 0 bridgehead atoms. The summed E-state index contributed by atoms with van der Waals surface area (Å²) in [6.07, 6.45) is 12.4. The summed E-state index contributed by atoms with van der Waals surface area (Å²) in [6.45, 7) is 11.3. The van der Waals surface area contributed by atoms with Crippen LogP contribution in [0.4, 0.5) is 0 Å². The van der Waals surface area contributed by atoms with Gasteiger partial charge in [-0.2, -0.15) is 0 Å². The first-order valence-corrected chi connectivity index (χ1v) is 13.6. The van der Waals surface area contributed by atoms with Crippen molar-refractivity contribution in [1.82, 2.24) is 18.7 Å². The molecule has 3 aliphatic rings. The van der Waals surface area contributed by atoms with E-state index in [1.54, 1.807) is 0 Å². The van der Waals surface area contributed by atoms with E-state index >= 15 is 0 Å². The van der Waals surface area contributed by atoms with E-state index in [1.165, 1.54) is 97.1 Å². The van der Waals surface area contributed by atoms with Crippen molar-refractivity contribution in [3.63, 3.8) is 0 Å². The first kappa shape index (κ1) is 22.9. The average molecular weight is 417 g/mol. The van der Waals surface area contributed by atoms with E-state index in [9.17, 15) is 0 Å². The van der Waals surface area contributed by atoms with E-state index in [2.05, 4.69) is 18.7 Å². The molecule has 3 saturated heterocycles. The van der Waals surface area contributed by atoms with Crippen LogP contribution in [0.5, 0.6) is 0 Å². The Hall–Kier alpha value is 0.190. The molecule has 0 radical (unpaired) electrons. The molecule has 0 aromatic rings. The van der Waals surface area contributed by atoms with Crippen molar-refractivity contribution in [2.75, 3.05) is 79.8 Å². The summed E-state index contributed by atoms with van der Waals surface area (Å²) in [5, 5.41) is 0. The van der Waals surface area contributed by atoms with Gasteiger partial charge in [-0.25, -0.2) is 0 Å². The first-order chi connectivity index (χ1) is 13.8. The first-order valence-electron chi connectivity index (χ1n) is 11.8. The van der Waals surface area contributed by atoms with Crippen molar-refractivity contribution in [3.05, 3.63) is 0 Å². The van der Waals surface area contributed by atoms with Crippen LogP contribution in [0.25, 0.3) is 0 Å². The Labute approximate surface area is 174 Å². The molecule has 0 aromatic carbocycles. The predicted molar refractivity (Wildman–Crippen MR) is 120 cm³/mol. The van der Waals surface area contributed by atoms with Crippen molar-refractivity contribution in [2.24, 2.45) is 0 Å². The molecule has 3 fully saturated rings. The van der Waals surface area contributed by atoms with Crippen LogP contribution in [0, 0.1) is 0 Å². The van der Waals surface area contributed by atoms with Gasteiger partial charge in [-0.1, -0.05) is 0 Å². The molecule has 0 unspecified atom stereocenters. The monoisotopic (exact) mass is 416 g/mol. The van der Waals surface area contributed by atoms with Gasteiger partial charge >= 0.3 is 174 Å². The fourth-order valence-corrected chi connectivity index (χ4v) is 11.5. The van der Waals surface area contributed by atoms with Gasteiger partial charge in [0.25, 0.3) is 0 Å². The Kier molecular flexibility index (Phi) is 9.92. The Bertz CT molecular complexity index is 371. The second-order valence-electron chi connectivity index (χ2n) is 8.72. The van der Waals surface area contributed by atoms with Gasteiger partial charge in [0.15, 0.2) is 0 Å². The number of nitrogens with zero attached hydrogens (tertiary/aromatic N) is 4. The van der Waals surface area contributed by atoms with Crippen molar-refractivity contribution in [2.45, 2.75) is 57.8 Å². The number of ether oxygens (including phenoxy) is 2. The maximum atomic E-state index is 5.59. The van der Waals surface area contributed by atoms with Crippen LogP contribution in [0.15, 0.2) is 0 Å². The standard InChI is InChI=1S/C21H45N4O2P/c1-26-20-18-25(19-21-27-2)28(22-12-6-3-7-13-22,23-14-8-4-9-15-23)24-16-10-5-11-17-24/h28H,3-21H2,1-2H3. The van der Waals surface area contributed by atoms with E-state index in [4.69, 9.17) is 9.47 Å². The van der Waals surface area contributed by atoms with Crippen molar-refractivity contribution in [3.8, 4) is 0 Å². The fourth-order valence-electron chi connectivity index (χ4n) is 5.60. The number of hydrogen-bond acceptors (Lipinski definition) is 6. The van der Waals surface area contributed by atoms with Crippen molar-refractivity contribution in [1.29, 1.82) is 0 Å². The van der Waals surface area contributed by atoms with Crippen molar-refractivity contribution >= 4 is 7.87 Å². The van der Waals surface area contributed by atoms with Crippen LogP contribution in [0.1, 0.15) is 57.8 Å². The molecule has 3 heterocycles. The summed E-state index contributed by atoms with van der Waals surface area (Å²) in [6, 6.07) is 0. The summed E-state index contributed by atoms with van der Waals surface area (Å²) < 4.78 is 22.9. The second kappa shape index (κ2) is 12.1. The molecule has 0 atom stereocenters. The third-order valence-electron chi connectivity index (χ3n) is 6.90. The molecule has 0 spiro atoms. The van der Waals surface area contributed by atoms with Crippen LogP contribution in [-0.2, 0) is 9.47 Å². The van der Waals surface area contributed by atoms with Crippen LogP contribution < -0.4 is 0 Å². The molecule has 3 aliphatic heterocycles. The third kappa shape index (κ3) is 5.26. The second-order valence-corrected chi connectivity index (χ2v) is 12.4. The molecule has 0 N–H and O–H groups in total. The van der Waals surface area contributed by atoms with E-state index in [0.717, 1.165) is 26.3 Å². The van der Waals surface area contributed by atoms with Gasteiger partial charge in [0.1, 0.15) is 0 Å². The molecule has 3 rings (SSSR count). The van der Waals surface area contributed by atoms with E-state index in [1.807, 2.05) is 14.2 Å². The topological polar surface area (TPSA) is 31.4 Å². The summed E-state index contributed by atoms with van der Waals surface area (Å²) in [7, 11) is 1.57. The quantitative estimate of drug-likeness (QED) is 0.507. The Morgan fingerprint density at radius 1 is 0.571 bits per heavy atom. The van der Waals surface area contributed by atoms with Gasteiger partial charge in [-0.15, -0.1) is 0 Å². The molecular formula is C21H45N4O2P. The van der Waals surface area contributed by atoms with Crippen LogP contribution >= 0.6 is 7.87 Å². The van der Waals surface area contributed by atoms with Gasteiger partial charge in [-0.05, 0) is 0 Å². The summed E-state index contributed by atoms with van der Waals surface area (Å²) in [4.78, 5) is 0. The van der Waals surface area contributed by atoms with Gasteiger partial charge in [-0.3, -0.25) is 0 Å².